The number of quaternary nitrogens is 1. The second-order valence-corrected chi connectivity index (χ2v) is 8.31. The highest BCUT2D eigenvalue weighted by Crippen LogP contribution is 2.36. The van der Waals surface area contributed by atoms with Crippen molar-refractivity contribution in [1.29, 1.82) is 0 Å². The van der Waals surface area contributed by atoms with Crippen molar-refractivity contribution >= 4 is 28.2 Å². The normalized spacial score (nSPS) is 15.6. The van der Waals surface area contributed by atoms with E-state index < -0.39 is 5.97 Å². The van der Waals surface area contributed by atoms with Crippen molar-refractivity contribution in [2.45, 2.75) is 32.9 Å². The van der Waals surface area contributed by atoms with Crippen LogP contribution in [0.15, 0.2) is 18.2 Å². The summed E-state index contributed by atoms with van der Waals surface area (Å²) in [5, 5.41) is 3.43. The number of benzene rings is 1. The van der Waals surface area contributed by atoms with Crippen LogP contribution in [0.5, 0.6) is 11.5 Å². The Morgan fingerprint density at radius 3 is 2.55 bits per heavy atom. The molecule has 1 atom stereocenters. The first-order valence-corrected chi connectivity index (χ1v) is 10.3. The molecule has 0 saturated heterocycles. The first-order chi connectivity index (χ1) is 13.9. The molecule has 1 aliphatic rings. The number of nitrogens with one attached hydrogen (secondary N) is 2. The van der Waals surface area contributed by atoms with Crippen LogP contribution < -0.4 is 19.7 Å². The van der Waals surface area contributed by atoms with E-state index in [2.05, 4.69) is 19.2 Å². The number of methoxy groups -OCH3 is 3. The summed E-state index contributed by atoms with van der Waals surface area (Å²) in [6.45, 7) is 6.16. The first kappa shape index (κ1) is 21.1. The number of rotatable bonds is 6. The Balaban J connectivity index is 1.95. The number of amides is 1. The van der Waals surface area contributed by atoms with Crippen LogP contribution in [-0.2, 0) is 17.7 Å². The van der Waals surface area contributed by atoms with E-state index in [9.17, 15) is 9.59 Å². The van der Waals surface area contributed by atoms with Crippen molar-refractivity contribution in [3.63, 3.8) is 0 Å². The molecule has 156 valence electrons. The van der Waals surface area contributed by atoms with Crippen LogP contribution in [-0.4, -0.2) is 45.8 Å². The van der Waals surface area contributed by atoms with Gasteiger partial charge in [-0.3, -0.25) is 4.79 Å². The Labute approximate surface area is 174 Å². The van der Waals surface area contributed by atoms with Crippen LogP contribution in [0.3, 0.4) is 0 Å². The third-order valence-corrected chi connectivity index (χ3v) is 6.41. The number of hydrogen-bond acceptors (Lipinski definition) is 6. The molecule has 0 aliphatic carbocycles. The molecule has 1 aliphatic heterocycles. The molecule has 0 spiro atoms. The molecule has 0 radical (unpaired) electrons. The number of carbonyl (C=O) groups excluding carboxylic acids is 2. The van der Waals surface area contributed by atoms with Gasteiger partial charge in [-0.15, -0.1) is 11.3 Å². The van der Waals surface area contributed by atoms with Crippen LogP contribution in [0, 0.1) is 0 Å². The molecule has 0 bridgehead atoms. The molecule has 1 aromatic heterocycles. The van der Waals surface area contributed by atoms with Crippen molar-refractivity contribution in [2.24, 2.45) is 0 Å². The van der Waals surface area contributed by atoms with Gasteiger partial charge in [0.2, 0.25) is 0 Å². The van der Waals surface area contributed by atoms with Crippen molar-refractivity contribution < 1.29 is 28.7 Å². The van der Waals surface area contributed by atoms with Gasteiger partial charge in [-0.25, -0.2) is 4.79 Å². The minimum atomic E-state index is -0.424. The first-order valence-electron chi connectivity index (χ1n) is 9.50. The van der Waals surface area contributed by atoms with Gasteiger partial charge in [0.15, 0.2) is 0 Å². The molecule has 2 N–H and O–H groups in total. The van der Waals surface area contributed by atoms with Crippen LogP contribution in [0.2, 0.25) is 0 Å². The Kier molecular flexibility index (Phi) is 6.44. The molecule has 7 nitrogen and oxygen atoms in total. The molecule has 2 aromatic rings. The molecule has 29 heavy (non-hydrogen) atoms. The molecule has 0 saturated carbocycles. The van der Waals surface area contributed by atoms with E-state index in [1.807, 2.05) is 0 Å². The van der Waals surface area contributed by atoms with E-state index in [1.54, 1.807) is 25.3 Å². The summed E-state index contributed by atoms with van der Waals surface area (Å²) in [5.74, 6) is 0.226. The van der Waals surface area contributed by atoms with Gasteiger partial charge in [0.25, 0.3) is 5.91 Å². The van der Waals surface area contributed by atoms with Gasteiger partial charge >= 0.3 is 5.97 Å². The maximum absolute atomic E-state index is 13.0. The average Bonchev–Trinajstić information content (AvgIpc) is 3.09. The molecular weight excluding hydrogens is 392 g/mol. The lowest BCUT2D eigenvalue weighted by Gasteiger charge is -2.27. The standard InChI is InChI=1S/C21H26N2O5S/c1-12(2)23-9-8-15-17(11-23)29-20(18(15)21(25)28-5)22-19(24)14-7-6-13(26-3)10-16(14)27-4/h6-7,10,12H,8-9,11H2,1-5H3,(H,22,24)/p+1. The van der Waals surface area contributed by atoms with Gasteiger partial charge in [-0.05, 0) is 31.5 Å². The zero-order chi connectivity index (χ0) is 21.1. The lowest BCUT2D eigenvalue weighted by Crippen LogP contribution is -3.14. The molecular formula is C21H27N2O5S+. The summed E-state index contributed by atoms with van der Waals surface area (Å²) < 4.78 is 15.5. The predicted octanol–water partition coefficient (Wildman–Crippen LogP) is 2.15. The van der Waals surface area contributed by atoms with Gasteiger partial charge in [0.1, 0.15) is 23.0 Å². The van der Waals surface area contributed by atoms with Crippen molar-refractivity contribution in [3.8, 4) is 11.5 Å². The summed E-state index contributed by atoms with van der Waals surface area (Å²) in [7, 11) is 4.41. The molecule has 0 fully saturated rings. The van der Waals surface area contributed by atoms with Crippen molar-refractivity contribution in [3.05, 3.63) is 39.8 Å². The van der Waals surface area contributed by atoms with Gasteiger partial charge in [-0.1, -0.05) is 0 Å². The van der Waals surface area contributed by atoms with Gasteiger partial charge in [-0.2, -0.15) is 0 Å². The SMILES string of the molecule is COC(=O)c1c(NC(=O)c2ccc(OC)cc2OC)sc2c1CC[NH+](C(C)C)C2. The highest BCUT2D eigenvalue weighted by Gasteiger charge is 2.32. The Morgan fingerprint density at radius 2 is 1.93 bits per heavy atom. The van der Waals surface area contributed by atoms with E-state index in [1.165, 1.54) is 30.5 Å². The number of anilines is 1. The third-order valence-electron chi connectivity index (χ3n) is 5.26. The lowest BCUT2D eigenvalue weighted by molar-refractivity contribution is -0.936. The fourth-order valence-corrected chi connectivity index (χ4v) is 4.84. The molecule has 1 unspecified atom stereocenters. The van der Waals surface area contributed by atoms with Crippen molar-refractivity contribution in [1.82, 2.24) is 0 Å². The van der Waals surface area contributed by atoms with Crippen LogP contribution in [0.4, 0.5) is 5.00 Å². The van der Waals surface area contributed by atoms with Gasteiger partial charge in [0, 0.05) is 12.5 Å². The number of fused-ring (bicyclic) bond motifs is 1. The smallest absolute Gasteiger partial charge is 0.341 e. The Morgan fingerprint density at radius 1 is 1.17 bits per heavy atom. The van der Waals surface area contributed by atoms with E-state index in [-0.39, 0.29) is 5.91 Å². The highest BCUT2D eigenvalue weighted by atomic mass is 32.1. The second-order valence-electron chi connectivity index (χ2n) is 7.21. The van der Waals surface area contributed by atoms with Gasteiger partial charge < -0.3 is 24.4 Å². The number of esters is 1. The maximum Gasteiger partial charge on any atom is 0.341 e. The van der Waals surface area contributed by atoms with Crippen molar-refractivity contribution in [2.75, 3.05) is 33.2 Å². The van der Waals surface area contributed by atoms with E-state index in [4.69, 9.17) is 14.2 Å². The minimum Gasteiger partial charge on any atom is -0.497 e. The maximum atomic E-state index is 13.0. The second kappa shape index (κ2) is 8.84. The van der Waals surface area contributed by atoms with Crippen LogP contribution in [0.1, 0.15) is 45.0 Å². The molecule has 1 amide bonds. The number of ether oxygens (including phenoxy) is 3. The third kappa shape index (κ3) is 4.23. The fraction of sp³-hybridized carbons (Fsp3) is 0.429. The summed E-state index contributed by atoms with van der Waals surface area (Å²) in [5.41, 5.74) is 1.82. The summed E-state index contributed by atoms with van der Waals surface area (Å²) in [6.07, 6.45) is 0.783. The van der Waals surface area contributed by atoms with E-state index in [0.717, 1.165) is 30.0 Å². The topological polar surface area (TPSA) is 78.3 Å². The number of hydrogen-bond donors (Lipinski definition) is 2. The fourth-order valence-electron chi connectivity index (χ4n) is 3.55. The average molecular weight is 420 g/mol. The summed E-state index contributed by atoms with van der Waals surface area (Å²) in [6, 6.07) is 5.48. The highest BCUT2D eigenvalue weighted by molar-refractivity contribution is 7.17. The molecule has 8 heteroatoms. The molecule has 2 heterocycles. The quantitative estimate of drug-likeness (QED) is 0.702. The number of thiophene rings is 1. The zero-order valence-corrected chi connectivity index (χ0v) is 18.2. The number of carbonyl (C=O) groups is 2. The lowest BCUT2D eigenvalue weighted by atomic mass is 10.0. The van der Waals surface area contributed by atoms with E-state index in [0.29, 0.717) is 33.7 Å². The van der Waals surface area contributed by atoms with Crippen LogP contribution in [0.25, 0.3) is 0 Å². The zero-order valence-electron chi connectivity index (χ0n) is 17.4. The summed E-state index contributed by atoms with van der Waals surface area (Å²) >= 11 is 1.45. The van der Waals surface area contributed by atoms with Gasteiger partial charge in [0.05, 0.1) is 49.9 Å². The Bertz CT molecular complexity index is 922. The largest absolute Gasteiger partial charge is 0.497 e. The van der Waals surface area contributed by atoms with Crippen LogP contribution >= 0.6 is 11.3 Å². The predicted molar refractivity (Wildman–Crippen MR) is 112 cm³/mol. The van der Waals surface area contributed by atoms with E-state index >= 15 is 0 Å². The minimum absolute atomic E-state index is 0.346. The monoisotopic (exact) mass is 419 g/mol. The Hall–Kier alpha value is -2.58. The summed E-state index contributed by atoms with van der Waals surface area (Å²) in [4.78, 5) is 28.0. The molecule has 1 aromatic carbocycles. The molecule has 3 rings (SSSR count).